The number of nitrogens with two attached hydrogens (primary N) is 1. The van der Waals surface area contributed by atoms with Crippen molar-refractivity contribution in [3.63, 3.8) is 0 Å². The highest BCUT2D eigenvalue weighted by atomic mass is 127. The standard InChI is InChI=1S/C20H34N6O.HI/c1-20(2,3)26-17(27)11-15(18(26)16-13-23-24(4)14-16)12-22-19(21)25-9-7-5-6-8-10-25;/h13-15,18H,5-12H2,1-4H3,(H2,21,22);1H/t15-,18+;/m0./s1. The Bertz CT molecular complexity index is 687. The number of hydrogen-bond donors (Lipinski definition) is 1. The van der Waals surface area contributed by atoms with E-state index in [1.807, 2.05) is 24.3 Å². The number of aromatic nitrogens is 2. The first-order chi connectivity index (χ1) is 12.8. The molecule has 1 aromatic heterocycles. The number of aliphatic imine (C=N–C) groups is 1. The third-order valence-electron chi connectivity index (χ3n) is 5.64. The van der Waals surface area contributed by atoms with Gasteiger partial charge < -0.3 is 15.5 Å². The molecular weight excluding hydrogens is 467 g/mol. The van der Waals surface area contributed by atoms with Gasteiger partial charge in [0.2, 0.25) is 5.91 Å². The van der Waals surface area contributed by atoms with Crippen molar-refractivity contribution in [2.75, 3.05) is 19.6 Å². The number of hydrogen-bond acceptors (Lipinski definition) is 3. The van der Waals surface area contributed by atoms with Crippen LogP contribution in [0.1, 0.15) is 64.5 Å². The van der Waals surface area contributed by atoms with Crippen LogP contribution in [0.3, 0.4) is 0 Å². The molecule has 2 saturated heterocycles. The summed E-state index contributed by atoms with van der Waals surface area (Å²) in [5, 5.41) is 4.33. The first kappa shape index (κ1) is 23.0. The zero-order chi connectivity index (χ0) is 19.6. The predicted octanol–water partition coefficient (Wildman–Crippen LogP) is 2.92. The molecule has 2 atom stereocenters. The quantitative estimate of drug-likeness (QED) is 0.392. The molecule has 1 aromatic rings. The third kappa shape index (κ3) is 5.18. The molecule has 0 saturated carbocycles. The number of aryl methyl sites for hydroxylation is 1. The van der Waals surface area contributed by atoms with Crippen LogP contribution in [0.15, 0.2) is 17.4 Å². The minimum Gasteiger partial charge on any atom is -0.370 e. The highest BCUT2D eigenvalue weighted by molar-refractivity contribution is 14.0. The molecule has 0 bridgehead atoms. The van der Waals surface area contributed by atoms with Crippen molar-refractivity contribution in [2.45, 2.75) is 64.5 Å². The topological polar surface area (TPSA) is 79.8 Å². The number of guanidine groups is 1. The Balaban J connectivity index is 0.00000280. The van der Waals surface area contributed by atoms with Crippen LogP contribution in [-0.2, 0) is 11.8 Å². The van der Waals surface area contributed by atoms with E-state index in [9.17, 15) is 4.79 Å². The zero-order valence-electron chi connectivity index (χ0n) is 17.6. The largest absolute Gasteiger partial charge is 0.370 e. The molecule has 0 aromatic carbocycles. The molecule has 0 spiro atoms. The van der Waals surface area contributed by atoms with Gasteiger partial charge in [-0.15, -0.1) is 24.0 Å². The van der Waals surface area contributed by atoms with Gasteiger partial charge in [0.25, 0.3) is 0 Å². The van der Waals surface area contributed by atoms with Crippen molar-refractivity contribution in [2.24, 2.45) is 23.7 Å². The van der Waals surface area contributed by atoms with Gasteiger partial charge in [-0.3, -0.25) is 14.5 Å². The van der Waals surface area contributed by atoms with Gasteiger partial charge in [-0.2, -0.15) is 5.10 Å². The number of halogens is 1. The smallest absolute Gasteiger partial charge is 0.223 e. The molecule has 2 aliphatic heterocycles. The minimum absolute atomic E-state index is 0. The number of nitrogens with zero attached hydrogens (tertiary/aromatic N) is 5. The van der Waals surface area contributed by atoms with Crippen molar-refractivity contribution < 1.29 is 4.79 Å². The first-order valence-electron chi connectivity index (χ1n) is 10.1. The second-order valence-electron chi connectivity index (χ2n) is 8.89. The molecule has 0 aliphatic carbocycles. The number of rotatable bonds is 3. The lowest BCUT2D eigenvalue weighted by Gasteiger charge is -2.38. The predicted molar refractivity (Wildman–Crippen MR) is 123 cm³/mol. The van der Waals surface area contributed by atoms with E-state index in [1.54, 1.807) is 4.68 Å². The molecule has 28 heavy (non-hydrogen) atoms. The summed E-state index contributed by atoms with van der Waals surface area (Å²) in [4.78, 5) is 21.7. The lowest BCUT2D eigenvalue weighted by atomic mass is 9.93. The molecule has 3 rings (SSSR count). The van der Waals surface area contributed by atoms with Crippen LogP contribution in [0.5, 0.6) is 0 Å². The summed E-state index contributed by atoms with van der Waals surface area (Å²) in [6.45, 7) is 8.81. The highest BCUT2D eigenvalue weighted by Crippen LogP contribution is 2.42. The Morgan fingerprint density at radius 1 is 1.25 bits per heavy atom. The van der Waals surface area contributed by atoms with E-state index >= 15 is 0 Å². The fourth-order valence-electron chi connectivity index (χ4n) is 4.38. The van der Waals surface area contributed by atoms with E-state index < -0.39 is 0 Å². The monoisotopic (exact) mass is 502 g/mol. The number of likely N-dealkylation sites (tertiary alicyclic amines) is 2. The molecule has 0 radical (unpaired) electrons. The lowest BCUT2D eigenvalue weighted by molar-refractivity contribution is -0.133. The first-order valence-corrected chi connectivity index (χ1v) is 10.1. The van der Waals surface area contributed by atoms with Crippen molar-refractivity contribution in [3.05, 3.63) is 18.0 Å². The summed E-state index contributed by atoms with van der Waals surface area (Å²) in [5.41, 5.74) is 7.13. The third-order valence-corrected chi connectivity index (χ3v) is 5.64. The second kappa shape index (κ2) is 9.45. The molecule has 2 N–H and O–H groups in total. The van der Waals surface area contributed by atoms with Gasteiger partial charge in [-0.25, -0.2) is 0 Å². The van der Waals surface area contributed by atoms with E-state index in [2.05, 4.69) is 30.8 Å². The highest BCUT2D eigenvalue weighted by Gasteiger charge is 2.45. The Morgan fingerprint density at radius 2 is 1.89 bits per heavy atom. The van der Waals surface area contributed by atoms with E-state index in [-0.39, 0.29) is 47.4 Å². The van der Waals surface area contributed by atoms with Gasteiger partial charge in [0.1, 0.15) is 0 Å². The summed E-state index contributed by atoms with van der Waals surface area (Å²) in [5.74, 6) is 0.930. The number of amides is 1. The zero-order valence-corrected chi connectivity index (χ0v) is 19.9. The molecule has 0 unspecified atom stereocenters. The van der Waals surface area contributed by atoms with Gasteiger partial charge >= 0.3 is 0 Å². The summed E-state index contributed by atoms with van der Waals surface area (Å²) in [6.07, 6.45) is 9.28. The average molecular weight is 502 g/mol. The summed E-state index contributed by atoms with van der Waals surface area (Å²) < 4.78 is 1.80. The van der Waals surface area contributed by atoms with Crippen molar-refractivity contribution in [3.8, 4) is 0 Å². The number of carbonyl (C=O) groups is 1. The van der Waals surface area contributed by atoms with Crippen LogP contribution in [0, 0.1) is 5.92 Å². The Morgan fingerprint density at radius 3 is 2.43 bits per heavy atom. The van der Waals surface area contributed by atoms with E-state index in [0.29, 0.717) is 18.9 Å². The van der Waals surface area contributed by atoms with Gasteiger partial charge in [0, 0.05) is 56.3 Å². The Hall–Kier alpha value is -1.32. The maximum atomic E-state index is 12.8. The van der Waals surface area contributed by atoms with Gasteiger partial charge in [-0.05, 0) is 33.6 Å². The fourth-order valence-corrected chi connectivity index (χ4v) is 4.38. The lowest BCUT2D eigenvalue weighted by Crippen LogP contribution is -2.44. The van der Waals surface area contributed by atoms with Crippen LogP contribution in [0.2, 0.25) is 0 Å². The van der Waals surface area contributed by atoms with Crippen LogP contribution >= 0.6 is 24.0 Å². The van der Waals surface area contributed by atoms with Crippen molar-refractivity contribution in [1.82, 2.24) is 19.6 Å². The van der Waals surface area contributed by atoms with Crippen LogP contribution in [0.25, 0.3) is 0 Å². The maximum absolute atomic E-state index is 12.8. The van der Waals surface area contributed by atoms with E-state index in [4.69, 9.17) is 10.7 Å². The molecule has 158 valence electrons. The molecule has 2 fully saturated rings. The van der Waals surface area contributed by atoms with Gasteiger partial charge in [0.05, 0.1) is 12.2 Å². The van der Waals surface area contributed by atoms with Crippen LogP contribution < -0.4 is 5.73 Å². The summed E-state index contributed by atoms with van der Waals surface area (Å²) in [6, 6.07) is -0.00752. The molecule has 3 heterocycles. The summed E-state index contributed by atoms with van der Waals surface area (Å²) >= 11 is 0. The fraction of sp³-hybridized carbons (Fsp3) is 0.750. The number of carbonyl (C=O) groups excluding carboxylic acids is 1. The minimum atomic E-state index is -0.244. The average Bonchev–Trinajstić information content (AvgIpc) is 3.03. The van der Waals surface area contributed by atoms with Crippen molar-refractivity contribution >= 4 is 35.8 Å². The molecular formula is C20H35IN6O. The summed E-state index contributed by atoms with van der Waals surface area (Å²) in [7, 11) is 1.91. The molecule has 8 heteroatoms. The second-order valence-corrected chi connectivity index (χ2v) is 8.89. The maximum Gasteiger partial charge on any atom is 0.223 e. The van der Waals surface area contributed by atoms with Crippen LogP contribution in [0.4, 0.5) is 0 Å². The molecule has 2 aliphatic rings. The Labute approximate surface area is 185 Å². The molecule has 1 amide bonds. The van der Waals surface area contributed by atoms with E-state index in [1.165, 1.54) is 25.7 Å². The Kier molecular flexibility index (Phi) is 7.75. The molecule has 7 nitrogen and oxygen atoms in total. The van der Waals surface area contributed by atoms with Crippen molar-refractivity contribution in [1.29, 1.82) is 0 Å². The van der Waals surface area contributed by atoms with Gasteiger partial charge in [-0.1, -0.05) is 12.8 Å². The SMILES string of the molecule is Cn1cc([C@H]2[C@H](CN=C(N)N3CCCCCC3)CC(=O)N2C(C)(C)C)cn1.I. The normalized spacial score (nSPS) is 24.3. The van der Waals surface area contributed by atoms with Crippen LogP contribution in [-0.4, -0.2) is 56.6 Å². The van der Waals surface area contributed by atoms with Gasteiger partial charge in [0.15, 0.2) is 5.96 Å². The van der Waals surface area contributed by atoms with E-state index in [0.717, 1.165) is 18.7 Å².